The maximum atomic E-state index is 11.1. The average molecular weight is 280 g/mol. The van der Waals surface area contributed by atoms with Gasteiger partial charge in [0.1, 0.15) is 0 Å². The summed E-state index contributed by atoms with van der Waals surface area (Å²) in [6, 6.07) is 5.56. The van der Waals surface area contributed by atoms with E-state index in [0.717, 1.165) is 12.0 Å². The van der Waals surface area contributed by atoms with E-state index in [1.807, 2.05) is 13.1 Å². The van der Waals surface area contributed by atoms with Crippen LogP contribution in [0.3, 0.4) is 0 Å². The minimum absolute atomic E-state index is 0.0321. The van der Waals surface area contributed by atoms with Crippen LogP contribution in [0.5, 0.6) is 5.75 Å². The molecule has 0 fully saturated rings. The highest BCUT2D eigenvalue weighted by Gasteiger charge is 2.22. The number of ether oxygens (including phenoxy) is 1. The van der Waals surface area contributed by atoms with Gasteiger partial charge in [-0.25, -0.2) is 0 Å². The van der Waals surface area contributed by atoms with Crippen LogP contribution in [0.2, 0.25) is 0 Å². The van der Waals surface area contributed by atoms with Gasteiger partial charge in [0.2, 0.25) is 0 Å². The number of methoxy groups -OCH3 is 1. The first-order valence-electron chi connectivity index (χ1n) is 6.89. The standard InChI is InChI=1S/C15H24N2O3/c1-10(2)13(11(3)16-4)8-12-6-7-15(20-5)14(9-12)17(18)19/h6-7,9-11,13,16H,8H2,1-5H3. The SMILES string of the molecule is CNC(C)C(Cc1ccc(OC)c([N+](=O)[O-])c1)C(C)C. The number of nitrogens with one attached hydrogen (secondary N) is 1. The van der Waals surface area contributed by atoms with Crippen molar-refractivity contribution < 1.29 is 9.66 Å². The molecule has 0 spiro atoms. The summed E-state index contributed by atoms with van der Waals surface area (Å²) in [5, 5.41) is 14.3. The first kappa shape index (κ1) is 16.4. The first-order valence-corrected chi connectivity index (χ1v) is 6.89. The molecule has 1 aromatic rings. The lowest BCUT2D eigenvalue weighted by Gasteiger charge is -2.27. The van der Waals surface area contributed by atoms with Crippen LogP contribution in [-0.2, 0) is 6.42 Å². The Morgan fingerprint density at radius 3 is 2.45 bits per heavy atom. The molecule has 5 heteroatoms. The van der Waals surface area contributed by atoms with Crippen molar-refractivity contribution in [3.05, 3.63) is 33.9 Å². The van der Waals surface area contributed by atoms with Crippen molar-refractivity contribution in [1.29, 1.82) is 0 Å². The van der Waals surface area contributed by atoms with E-state index >= 15 is 0 Å². The Hall–Kier alpha value is -1.62. The van der Waals surface area contributed by atoms with E-state index in [4.69, 9.17) is 4.74 Å². The minimum atomic E-state index is -0.395. The van der Waals surface area contributed by atoms with Crippen molar-refractivity contribution in [3.63, 3.8) is 0 Å². The average Bonchev–Trinajstić information content (AvgIpc) is 2.43. The number of nitro groups is 1. The van der Waals surface area contributed by atoms with Crippen LogP contribution in [-0.4, -0.2) is 25.1 Å². The van der Waals surface area contributed by atoms with Gasteiger partial charge in [-0.15, -0.1) is 0 Å². The van der Waals surface area contributed by atoms with E-state index in [-0.39, 0.29) is 5.69 Å². The van der Waals surface area contributed by atoms with Crippen LogP contribution in [0, 0.1) is 22.0 Å². The molecule has 0 radical (unpaired) electrons. The van der Waals surface area contributed by atoms with Crippen LogP contribution in [0.15, 0.2) is 18.2 Å². The number of nitro benzene ring substituents is 1. The van der Waals surface area contributed by atoms with Crippen LogP contribution in [0.4, 0.5) is 5.69 Å². The normalized spacial score (nSPS) is 14.1. The lowest BCUT2D eigenvalue weighted by molar-refractivity contribution is -0.385. The van der Waals surface area contributed by atoms with Gasteiger partial charge in [-0.2, -0.15) is 0 Å². The summed E-state index contributed by atoms with van der Waals surface area (Å²) in [5.41, 5.74) is 1.00. The number of benzene rings is 1. The molecule has 0 amide bonds. The molecule has 0 aliphatic rings. The van der Waals surface area contributed by atoms with Crippen molar-refractivity contribution in [2.24, 2.45) is 11.8 Å². The smallest absolute Gasteiger partial charge is 0.311 e. The summed E-state index contributed by atoms with van der Waals surface area (Å²) < 4.78 is 5.03. The zero-order chi connectivity index (χ0) is 15.3. The summed E-state index contributed by atoms with van der Waals surface area (Å²) in [4.78, 5) is 10.7. The van der Waals surface area contributed by atoms with E-state index in [0.29, 0.717) is 23.6 Å². The van der Waals surface area contributed by atoms with Gasteiger partial charge in [-0.05, 0) is 43.9 Å². The Bertz CT molecular complexity index is 460. The molecule has 0 saturated heterocycles. The Labute approximate surface area is 120 Å². The Kier molecular flexibility index (Phi) is 5.95. The Balaban J connectivity index is 3.02. The fourth-order valence-electron chi connectivity index (χ4n) is 2.48. The van der Waals surface area contributed by atoms with E-state index in [1.165, 1.54) is 7.11 Å². The molecular weight excluding hydrogens is 256 g/mol. The van der Waals surface area contributed by atoms with Gasteiger partial charge in [0.25, 0.3) is 0 Å². The monoisotopic (exact) mass is 280 g/mol. The molecule has 5 nitrogen and oxygen atoms in total. The summed E-state index contributed by atoms with van der Waals surface area (Å²) in [5.74, 6) is 1.23. The fraction of sp³-hybridized carbons (Fsp3) is 0.600. The van der Waals surface area contributed by atoms with Gasteiger partial charge in [0.15, 0.2) is 5.75 Å². The third kappa shape index (κ3) is 3.93. The lowest BCUT2D eigenvalue weighted by atomic mass is 9.84. The molecule has 0 aliphatic carbocycles. The highest BCUT2D eigenvalue weighted by Crippen LogP contribution is 2.30. The third-order valence-corrected chi connectivity index (χ3v) is 3.87. The fourth-order valence-corrected chi connectivity index (χ4v) is 2.48. The largest absolute Gasteiger partial charge is 0.490 e. The van der Waals surface area contributed by atoms with Crippen LogP contribution in [0.1, 0.15) is 26.3 Å². The topological polar surface area (TPSA) is 64.4 Å². The van der Waals surface area contributed by atoms with Crippen molar-refractivity contribution in [2.45, 2.75) is 33.2 Å². The summed E-state index contributed by atoms with van der Waals surface area (Å²) >= 11 is 0. The van der Waals surface area contributed by atoms with Crippen molar-refractivity contribution in [1.82, 2.24) is 5.32 Å². The lowest BCUT2D eigenvalue weighted by Crippen LogP contribution is -2.35. The second-order valence-electron chi connectivity index (χ2n) is 5.45. The highest BCUT2D eigenvalue weighted by molar-refractivity contribution is 5.48. The summed E-state index contributed by atoms with van der Waals surface area (Å²) in [6.45, 7) is 6.50. The van der Waals surface area contributed by atoms with Gasteiger partial charge in [-0.3, -0.25) is 10.1 Å². The molecule has 0 bridgehead atoms. The van der Waals surface area contributed by atoms with Gasteiger partial charge in [0.05, 0.1) is 12.0 Å². The number of rotatable bonds is 7. The number of hydrogen-bond acceptors (Lipinski definition) is 4. The maximum Gasteiger partial charge on any atom is 0.311 e. The Morgan fingerprint density at radius 2 is 2.00 bits per heavy atom. The summed E-state index contributed by atoms with van der Waals surface area (Å²) in [7, 11) is 3.39. The second kappa shape index (κ2) is 7.24. The second-order valence-corrected chi connectivity index (χ2v) is 5.45. The number of nitrogens with zero attached hydrogens (tertiary/aromatic N) is 1. The van der Waals surface area contributed by atoms with Crippen LogP contribution >= 0.6 is 0 Å². The zero-order valence-electron chi connectivity index (χ0n) is 12.8. The molecule has 0 heterocycles. The predicted molar refractivity (Wildman–Crippen MR) is 80.2 cm³/mol. The molecule has 2 unspecified atom stereocenters. The van der Waals surface area contributed by atoms with Gasteiger partial charge in [-0.1, -0.05) is 19.9 Å². The quantitative estimate of drug-likeness (QED) is 0.616. The molecule has 20 heavy (non-hydrogen) atoms. The van der Waals surface area contributed by atoms with Gasteiger partial charge < -0.3 is 10.1 Å². The van der Waals surface area contributed by atoms with Gasteiger partial charge >= 0.3 is 5.69 Å². The van der Waals surface area contributed by atoms with Crippen molar-refractivity contribution >= 4 is 5.69 Å². The van der Waals surface area contributed by atoms with E-state index in [1.54, 1.807) is 12.1 Å². The van der Waals surface area contributed by atoms with E-state index in [2.05, 4.69) is 26.1 Å². The number of hydrogen-bond donors (Lipinski definition) is 1. The first-order chi connectivity index (χ1) is 9.40. The van der Waals surface area contributed by atoms with E-state index in [9.17, 15) is 10.1 Å². The van der Waals surface area contributed by atoms with Gasteiger partial charge in [0, 0.05) is 12.1 Å². The summed E-state index contributed by atoms with van der Waals surface area (Å²) in [6.07, 6.45) is 0.810. The van der Waals surface area contributed by atoms with Crippen molar-refractivity contribution in [2.75, 3.05) is 14.2 Å². The zero-order valence-corrected chi connectivity index (χ0v) is 12.8. The maximum absolute atomic E-state index is 11.1. The molecule has 0 aromatic heterocycles. The van der Waals surface area contributed by atoms with Crippen molar-refractivity contribution in [3.8, 4) is 5.75 Å². The molecule has 0 aliphatic heterocycles. The third-order valence-electron chi connectivity index (χ3n) is 3.87. The Morgan fingerprint density at radius 1 is 1.35 bits per heavy atom. The van der Waals surface area contributed by atoms with Crippen LogP contribution < -0.4 is 10.1 Å². The molecular formula is C15H24N2O3. The molecule has 1 rings (SSSR count). The molecule has 1 N–H and O–H groups in total. The molecule has 1 aromatic carbocycles. The molecule has 0 saturated carbocycles. The van der Waals surface area contributed by atoms with Crippen LogP contribution in [0.25, 0.3) is 0 Å². The highest BCUT2D eigenvalue weighted by atomic mass is 16.6. The predicted octanol–water partition coefficient (Wildman–Crippen LogP) is 3.03. The van der Waals surface area contributed by atoms with E-state index < -0.39 is 4.92 Å². The molecule has 2 atom stereocenters. The minimum Gasteiger partial charge on any atom is -0.490 e. The molecule has 112 valence electrons.